The molecule has 0 amide bonds. The van der Waals surface area contributed by atoms with Gasteiger partial charge in [-0.3, -0.25) is 4.99 Å². The molecule has 0 aromatic heterocycles. The fourth-order valence-corrected chi connectivity index (χ4v) is 1.84. The normalized spacial score (nSPS) is 11.0. The first kappa shape index (κ1) is 13.8. The van der Waals surface area contributed by atoms with Crippen molar-refractivity contribution in [1.29, 1.82) is 0 Å². The maximum atomic E-state index is 11.4. The first-order valence-electron chi connectivity index (χ1n) is 6.30. The molecule has 2 N–H and O–H groups in total. The van der Waals surface area contributed by atoms with Gasteiger partial charge in [-0.05, 0) is 36.4 Å². The van der Waals surface area contributed by atoms with Crippen molar-refractivity contribution in [2.45, 2.75) is 0 Å². The van der Waals surface area contributed by atoms with Crippen molar-refractivity contribution in [3.05, 3.63) is 65.7 Å². The van der Waals surface area contributed by atoms with Gasteiger partial charge in [-0.2, -0.15) is 0 Å². The molecule has 0 spiro atoms. The SMILES string of the molecule is C[NH+]=C(Nc1ccc(C(=O)OC)cc1)c1ccccc1. The Morgan fingerprint density at radius 2 is 1.65 bits per heavy atom. The molecular formula is C16H17N2O2+. The Bertz CT molecular complexity index is 604. The number of amidine groups is 1. The number of ether oxygens (including phenoxy) is 1. The average Bonchev–Trinajstić information content (AvgIpc) is 2.53. The Morgan fingerprint density at radius 1 is 1.00 bits per heavy atom. The average molecular weight is 269 g/mol. The summed E-state index contributed by atoms with van der Waals surface area (Å²) in [6, 6.07) is 17.1. The molecule has 0 radical (unpaired) electrons. The summed E-state index contributed by atoms with van der Waals surface area (Å²) in [5.74, 6) is 0.564. The number of carbonyl (C=O) groups is 1. The Balaban J connectivity index is 2.15. The van der Waals surface area contributed by atoms with E-state index in [1.54, 1.807) is 12.1 Å². The van der Waals surface area contributed by atoms with Crippen LogP contribution in [0.5, 0.6) is 0 Å². The Labute approximate surface area is 118 Å². The summed E-state index contributed by atoms with van der Waals surface area (Å²) in [6.07, 6.45) is 0. The van der Waals surface area contributed by atoms with E-state index in [1.165, 1.54) is 7.11 Å². The van der Waals surface area contributed by atoms with Crippen LogP contribution in [0.3, 0.4) is 0 Å². The number of hydrogen-bond acceptors (Lipinski definition) is 2. The van der Waals surface area contributed by atoms with Gasteiger partial charge in [0.05, 0.1) is 25.3 Å². The molecule has 0 fully saturated rings. The zero-order valence-electron chi connectivity index (χ0n) is 11.5. The van der Waals surface area contributed by atoms with Gasteiger partial charge < -0.3 is 4.74 Å². The molecule has 0 bridgehead atoms. The highest BCUT2D eigenvalue weighted by molar-refractivity contribution is 6.04. The zero-order chi connectivity index (χ0) is 14.4. The number of esters is 1. The molecule has 2 aromatic rings. The maximum Gasteiger partial charge on any atom is 0.337 e. The van der Waals surface area contributed by atoms with Crippen molar-refractivity contribution in [2.75, 3.05) is 19.5 Å². The van der Waals surface area contributed by atoms with Gasteiger partial charge in [0.25, 0.3) is 5.84 Å². The van der Waals surface area contributed by atoms with E-state index in [-0.39, 0.29) is 5.97 Å². The van der Waals surface area contributed by atoms with Gasteiger partial charge in [0.15, 0.2) is 0 Å². The lowest BCUT2D eigenvalue weighted by Gasteiger charge is -2.03. The first-order chi connectivity index (χ1) is 9.74. The van der Waals surface area contributed by atoms with Crippen LogP contribution in [0.25, 0.3) is 0 Å². The Hall–Kier alpha value is -2.62. The fraction of sp³-hybridized carbons (Fsp3) is 0.125. The summed E-state index contributed by atoms with van der Waals surface area (Å²) >= 11 is 0. The molecule has 0 aliphatic carbocycles. The monoisotopic (exact) mass is 269 g/mol. The van der Waals surface area contributed by atoms with Gasteiger partial charge in [0, 0.05) is 0 Å². The van der Waals surface area contributed by atoms with Crippen LogP contribution in [0.2, 0.25) is 0 Å². The van der Waals surface area contributed by atoms with Crippen molar-refractivity contribution in [1.82, 2.24) is 0 Å². The second-order valence-corrected chi connectivity index (χ2v) is 4.18. The topological polar surface area (TPSA) is 52.3 Å². The van der Waals surface area contributed by atoms with Gasteiger partial charge in [0.1, 0.15) is 5.69 Å². The van der Waals surface area contributed by atoms with E-state index < -0.39 is 0 Å². The molecule has 102 valence electrons. The molecule has 4 nitrogen and oxygen atoms in total. The number of carbonyl (C=O) groups excluding carboxylic acids is 1. The van der Waals surface area contributed by atoms with Crippen molar-refractivity contribution in [3.63, 3.8) is 0 Å². The Kier molecular flexibility index (Phi) is 4.50. The van der Waals surface area contributed by atoms with E-state index in [0.29, 0.717) is 5.56 Å². The van der Waals surface area contributed by atoms with E-state index in [2.05, 4.69) is 15.0 Å². The standard InChI is InChI=1S/C16H16N2O2/c1-17-15(12-6-4-3-5-7-12)18-14-10-8-13(9-11-14)16(19)20-2/h3-11H,1-2H3,(H,17,18)/p+1. The molecule has 0 saturated carbocycles. The lowest BCUT2D eigenvalue weighted by Crippen LogP contribution is -2.70. The third-order valence-electron chi connectivity index (χ3n) is 2.89. The number of anilines is 1. The molecule has 0 unspecified atom stereocenters. The van der Waals surface area contributed by atoms with Gasteiger partial charge in [-0.15, -0.1) is 0 Å². The molecule has 0 heterocycles. The number of benzene rings is 2. The third kappa shape index (κ3) is 3.23. The highest BCUT2D eigenvalue weighted by Crippen LogP contribution is 2.11. The van der Waals surface area contributed by atoms with Crippen LogP contribution >= 0.6 is 0 Å². The maximum absolute atomic E-state index is 11.4. The number of rotatable bonds is 3. The van der Waals surface area contributed by atoms with Crippen LogP contribution in [0.1, 0.15) is 15.9 Å². The molecule has 0 saturated heterocycles. The predicted molar refractivity (Wildman–Crippen MR) is 78.8 cm³/mol. The second-order valence-electron chi connectivity index (χ2n) is 4.18. The van der Waals surface area contributed by atoms with Crippen LogP contribution < -0.4 is 10.3 Å². The van der Waals surface area contributed by atoms with E-state index >= 15 is 0 Å². The summed E-state index contributed by atoms with van der Waals surface area (Å²) in [4.78, 5) is 14.5. The summed E-state index contributed by atoms with van der Waals surface area (Å²) in [7, 11) is 3.23. The third-order valence-corrected chi connectivity index (χ3v) is 2.89. The van der Waals surface area contributed by atoms with Gasteiger partial charge in [-0.1, -0.05) is 18.2 Å². The number of hydrogen-bond donors (Lipinski definition) is 2. The van der Waals surface area contributed by atoms with Crippen molar-refractivity contribution in [3.8, 4) is 0 Å². The van der Waals surface area contributed by atoms with Crippen LogP contribution in [0.4, 0.5) is 5.69 Å². The second kappa shape index (κ2) is 6.52. The van der Waals surface area contributed by atoms with Crippen molar-refractivity contribution >= 4 is 17.5 Å². The molecule has 0 atom stereocenters. The summed E-state index contributed by atoms with van der Waals surface area (Å²) in [5.41, 5.74) is 2.49. The molecule has 2 aromatic carbocycles. The fourth-order valence-electron chi connectivity index (χ4n) is 1.84. The summed E-state index contributed by atoms with van der Waals surface area (Å²) in [6.45, 7) is 0. The molecule has 2 rings (SSSR count). The highest BCUT2D eigenvalue weighted by Gasteiger charge is 2.11. The zero-order valence-corrected chi connectivity index (χ0v) is 11.5. The van der Waals surface area contributed by atoms with Crippen LogP contribution in [0.15, 0.2) is 54.6 Å². The highest BCUT2D eigenvalue weighted by atomic mass is 16.5. The lowest BCUT2D eigenvalue weighted by atomic mass is 10.1. The van der Waals surface area contributed by atoms with E-state index in [4.69, 9.17) is 0 Å². The number of nitrogens with one attached hydrogen (secondary N) is 2. The van der Waals surface area contributed by atoms with Crippen LogP contribution in [-0.2, 0) is 4.74 Å². The van der Waals surface area contributed by atoms with Gasteiger partial charge >= 0.3 is 5.97 Å². The first-order valence-corrected chi connectivity index (χ1v) is 6.30. The lowest BCUT2D eigenvalue weighted by molar-refractivity contribution is -0.419. The van der Waals surface area contributed by atoms with Crippen molar-refractivity contribution in [2.24, 2.45) is 0 Å². The van der Waals surface area contributed by atoms with Crippen LogP contribution in [-0.4, -0.2) is 26.0 Å². The van der Waals surface area contributed by atoms with Gasteiger partial charge in [-0.25, -0.2) is 10.1 Å². The van der Waals surface area contributed by atoms with Crippen LogP contribution in [0, 0.1) is 0 Å². The summed E-state index contributed by atoms with van der Waals surface area (Å²) < 4.78 is 4.67. The van der Waals surface area contributed by atoms with Crippen molar-refractivity contribution < 1.29 is 14.5 Å². The molecule has 0 aliphatic heterocycles. The molecule has 0 aliphatic rings. The quantitative estimate of drug-likeness (QED) is 0.497. The number of methoxy groups -OCH3 is 1. The molecule has 20 heavy (non-hydrogen) atoms. The van der Waals surface area contributed by atoms with E-state index in [9.17, 15) is 4.79 Å². The molecular weight excluding hydrogens is 252 g/mol. The Morgan fingerprint density at radius 3 is 2.20 bits per heavy atom. The molecule has 4 heteroatoms. The minimum atomic E-state index is -0.336. The van der Waals surface area contributed by atoms with E-state index in [1.807, 2.05) is 49.5 Å². The smallest absolute Gasteiger partial charge is 0.337 e. The van der Waals surface area contributed by atoms with E-state index in [0.717, 1.165) is 17.1 Å². The summed E-state index contributed by atoms with van der Waals surface area (Å²) in [5, 5.41) is 3.28. The minimum Gasteiger partial charge on any atom is -0.465 e. The predicted octanol–water partition coefficient (Wildman–Crippen LogP) is 1.04. The minimum absolute atomic E-state index is 0.336. The van der Waals surface area contributed by atoms with Gasteiger partial charge in [0.2, 0.25) is 0 Å². The largest absolute Gasteiger partial charge is 0.465 e.